The highest BCUT2D eigenvalue weighted by Gasteiger charge is 2.13. The Morgan fingerprint density at radius 3 is 2.59 bits per heavy atom. The van der Waals surface area contributed by atoms with Crippen LogP contribution in [0.15, 0.2) is 72.4 Å². The molecule has 0 aliphatic carbocycles. The molecular formula is C24H25N5O2S. The summed E-state index contributed by atoms with van der Waals surface area (Å²) in [6.07, 6.45) is 8.01. The Balaban J connectivity index is 1.48. The van der Waals surface area contributed by atoms with Crippen LogP contribution in [0.2, 0.25) is 0 Å². The number of hydrogen-bond acceptors (Lipinski definition) is 6. The molecule has 0 spiro atoms. The number of carbonyl (C=O) groups excluding carboxylic acids is 1. The number of nitrogens with one attached hydrogen (secondary N) is 1. The fourth-order valence-corrected chi connectivity index (χ4v) is 4.27. The summed E-state index contributed by atoms with van der Waals surface area (Å²) in [5, 5.41) is 3.85. The molecule has 0 unspecified atom stereocenters. The van der Waals surface area contributed by atoms with Gasteiger partial charge < -0.3 is 14.6 Å². The molecule has 0 fully saturated rings. The number of nitrogens with zero attached hydrogens (tertiary/aromatic N) is 4. The van der Waals surface area contributed by atoms with E-state index in [1.807, 2.05) is 48.7 Å². The quantitative estimate of drug-likeness (QED) is 0.293. The van der Waals surface area contributed by atoms with E-state index in [4.69, 9.17) is 9.72 Å². The molecule has 7 nitrogen and oxygen atoms in total. The Morgan fingerprint density at radius 2 is 1.81 bits per heavy atom. The third kappa shape index (κ3) is 5.52. The highest BCUT2D eigenvalue weighted by atomic mass is 32.2. The van der Waals surface area contributed by atoms with E-state index in [1.54, 1.807) is 37.5 Å². The van der Waals surface area contributed by atoms with Crippen molar-refractivity contribution < 1.29 is 9.53 Å². The van der Waals surface area contributed by atoms with Crippen molar-refractivity contribution in [3.05, 3.63) is 83.9 Å². The predicted octanol–water partition coefficient (Wildman–Crippen LogP) is 3.93. The van der Waals surface area contributed by atoms with Gasteiger partial charge in [-0.3, -0.25) is 14.8 Å². The summed E-state index contributed by atoms with van der Waals surface area (Å²) in [5.74, 6) is 0.736. The van der Waals surface area contributed by atoms with Crippen LogP contribution in [0.1, 0.15) is 27.9 Å². The number of carbonyl (C=O) groups is 1. The zero-order valence-electron chi connectivity index (χ0n) is 17.9. The molecule has 4 rings (SSSR count). The van der Waals surface area contributed by atoms with Crippen molar-refractivity contribution in [1.29, 1.82) is 0 Å². The van der Waals surface area contributed by atoms with E-state index in [9.17, 15) is 4.79 Å². The van der Waals surface area contributed by atoms with Gasteiger partial charge in [0.25, 0.3) is 5.91 Å². The normalized spacial score (nSPS) is 11.0. The van der Waals surface area contributed by atoms with Gasteiger partial charge in [0.2, 0.25) is 0 Å². The molecule has 0 aliphatic heterocycles. The van der Waals surface area contributed by atoms with Crippen LogP contribution >= 0.6 is 11.8 Å². The Labute approximate surface area is 191 Å². The lowest BCUT2D eigenvalue weighted by molar-refractivity contribution is 0.0948. The molecule has 3 heterocycles. The number of benzene rings is 1. The van der Waals surface area contributed by atoms with Crippen LogP contribution in [-0.4, -0.2) is 45.7 Å². The van der Waals surface area contributed by atoms with Crippen LogP contribution in [0.25, 0.3) is 11.0 Å². The third-order valence-corrected chi connectivity index (χ3v) is 6.05. The van der Waals surface area contributed by atoms with Crippen LogP contribution in [-0.2, 0) is 17.0 Å². The molecule has 0 bridgehead atoms. The number of hydrogen-bond donors (Lipinski definition) is 1. The van der Waals surface area contributed by atoms with Crippen molar-refractivity contribution in [1.82, 2.24) is 24.8 Å². The fourth-order valence-electron chi connectivity index (χ4n) is 3.30. The van der Waals surface area contributed by atoms with Crippen LogP contribution in [0.4, 0.5) is 0 Å². The first-order valence-corrected chi connectivity index (χ1v) is 11.4. The van der Waals surface area contributed by atoms with Gasteiger partial charge in [0.05, 0.1) is 23.8 Å². The minimum atomic E-state index is -0.0708. The molecule has 164 valence electrons. The summed E-state index contributed by atoms with van der Waals surface area (Å²) in [7, 11) is 1.66. The lowest BCUT2D eigenvalue weighted by Gasteiger charge is -2.10. The maximum atomic E-state index is 12.3. The van der Waals surface area contributed by atoms with E-state index in [0.29, 0.717) is 25.3 Å². The Kier molecular flexibility index (Phi) is 7.47. The Morgan fingerprint density at radius 1 is 1.03 bits per heavy atom. The average molecular weight is 448 g/mol. The van der Waals surface area contributed by atoms with E-state index in [1.165, 1.54) is 5.56 Å². The molecule has 0 radical (unpaired) electrons. The van der Waals surface area contributed by atoms with E-state index >= 15 is 0 Å². The molecular weight excluding hydrogens is 422 g/mol. The lowest BCUT2D eigenvalue weighted by Crippen LogP contribution is -2.25. The van der Waals surface area contributed by atoms with Crippen molar-refractivity contribution in [2.45, 2.75) is 23.9 Å². The van der Waals surface area contributed by atoms with Crippen molar-refractivity contribution in [3.63, 3.8) is 0 Å². The lowest BCUT2D eigenvalue weighted by atomic mass is 10.1. The molecule has 0 saturated carbocycles. The number of aromatic nitrogens is 4. The molecule has 1 N–H and O–H groups in total. The minimum Gasteiger partial charge on any atom is -0.385 e. The molecule has 0 atom stereocenters. The zero-order chi connectivity index (χ0) is 22.2. The molecule has 3 aromatic heterocycles. The van der Waals surface area contributed by atoms with E-state index in [0.717, 1.165) is 33.9 Å². The summed E-state index contributed by atoms with van der Waals surface area (Å²) in [6, 6.07) is 13.7. The zero-order valence-corrected chi connectivity index (χ0v) is 18.7. The van der Waals surface area contributed by atoms with Crippen LogP contribution < -0.4 is 5.32 Å². The highest BCUT2D eigenvalue weighted by molar-refractivity contribution is 7.98. The third-order valence-electron chi connectivity index (χ3n) is 5.00. The van der Waals surface area contributed by atoms with Crippen molar-refractivity contribution in [3.8, 4) is 0 Å². The minimum absolute atomic E-state index is 0.0708. The molecule has 8 heteroatoms. The molecule has 1 aromatic carbocycles. The Hall–Kier alpha value is -3.23. The SMILES string of the molecule is COCCCNC(=O)c1ccc(Cn2c(SCc3ccncc3)nc3ccncc32)cc1. The van der Waals surface area contributed by atoms with Crippen molar-refractivity contribution in [2.24, 2.45) is 0 Å². The van der Waals surface area contributed by atoms with Crippen LogP contribution in [0.3, 0.4) is 0 Å². The number of imidazole rings is 1. The highest BCUT2D eigenvalue weighted by Crippen LogP contribution is 2.27. The first kappa shape index (κ1) is 22.0. The second kappa shape index (κ2) is 10.9. The number of pyridine rings is 2. The summed E-state index contributed by atoms with van der Waals surface area (Å²) < 4.78 is 7.18. The van der Waals surface area contributed by atoms with Gasteiger partial charge in [-0.2, -0.15) is 0 Å². The van der Waals surface area contributed by atoms with Gasteiger partial charge in [-0.15, -0.1) is 0 Å². The van der Waals surface area contributed by atoms with Gasteiger partial charge in [-0.1, -0.05) is 23.9 Å². The average Bonchev–Trinajstić information content (AvgIpc) is 3.19. The van der Waals surface area contributed by atoms with Gasteiger partial charge in [0, 0.05) is 50.2 Å². The molecule has 4 aromatic rings. The van der Waals surface area contributed by atoms with Gasteiger partial charge >= 0.3 is 0 Å². The van der Waals surface area contributed by atoms with Crippen molar-refractivity contribution >= 4 is 28.7 Å². The number of fused-ring (bicyclic) bond motifs is 1. The number of rotatable bonds is 10. The van der Waals surface area contributed by atoms with E-state index in [-0.39, 0.29) is 5.91 Å². The van der Waals surface area contributed by atoms with Crippen LogP contribution in [0, 0.1) is 0 Å². The summed E-state index contributed by atoms with van der Waals surface area (Å²) >= 11 is 1.69. The summed E-state index contributed by atoms with van der Waals surface area (Å²) in [6.45, 7) is 1.88. The largest absolute Gasteiger partial charge is 0.385 e. The Bertz CT molecular complexity index is 1160. The maximum Gasteiger partial charge on any atom is 0.251 e. The first-order chi connectivity index (χ1) is 15.7. The van der Waals surface area contributed by atoms with Crippen LogP contribution in [0.5, 0.6) is 0 Å². The number of amides is 1. The van der Waals surface area contributed by atoms with Gasteiger partial charge in [0.15, 0.2) is 5.16 Å². The standard InChI is InChI=1S/C24H25N5O2S/c1-31-14-2-10-27-23(30)20-5-3-18(4-6-20)16-29-22-15-26-13-9-21(22)28-24(29)32-17-19-7-11-25-12-8-19/h3-9,11-13,15H,2,10,14,16-17H2,1H3,(H,27,30). The summed E-state index contributed by atoms with van der Waals surface area (Å²) in [5.41, 5.74) is 4.85. The molecule has 0 saturated heterocycles. The second-order valence-electron chi connectivity index (χ2n) is 7.29. The van der Waals surface area contributed by atoms with Gasteiger partial charge in [-0.05, 0) is 47.9 Å². The maximum absolute atomic E-state index is 12.3. The number of ether oxygens (including phenoxy) is 1. The smallest absolute Gasteiger partial charge is 0.251 e. The number of thioether (sulfide) groups is 1. The van der Waals surface area contributed by atoms with E-state index < -0.39 is 0 Å². The monoisotopic (exact) mass is 447 g/mol. The van der Waals surface area contributed by atoms with Crippen molar-refractivity contribution in [2.75, 3.05) is 20.3 Å². The number of methoxy groups -OCH3 is 1. The van der Waals surface area contributed by atoms with Gasteiger partial charge in [-0.25, -0.2) is 4.98 Å². The summed E-state index contributed by atoms with van der Waals surface area (Å²) in [4.78, 5) is 25.5. The van der Waals surface area contributed by atoms with Gasteiger partial charge in [0.1, 0.15) is 0 Å². The van der Waals surface area contributed by atoms with E-state index in [2.05, 4.69) is 19.9 Å². The molecule has 1 amide bonds. The fraction of sp³-hybridized carbons (Fsp3) is 0.250. The topological polar surface area (TPSA) is 81.9 Å². The second-order valence-corrected chi connectivity index (χ2v) is 8.23. The first-order valence-electron chi connectivity index (χ1n) is 10.4. The molecule has 32 heavy (non-hydrogen) atoms. The predicted molar refractivity (Wildman–Crippen MR) is 126 cm³/mol. The molecule has 0 aliphatic rings.